The molecular weight excluding hydrogens is 657 g/mol. The number of benzene rings is 5. The highest BCUT2D eigenvalue weighted by molar-refractivity contribution is 5.97. The summed E-state index contributed by atoms with van der Waals surface area (Å²) in [5.74, 6) is 1.68. The maximum atomic E-state index is 6.60. The number of furan rings is 1. The molecule has 1 atom stereocenters. The predicted molar refractivity (Wildman–Crippen MR) is 226 cm³/mol. The molecule has 0 spiro atoms. The molecule has 8 rings (SSSR count). The van der Waals surface area contributed by atoms with Crippen molar-refractivity contribution in [1.29, 1.82) is 0 Å². The zero-order valence-corrected chi connectivity index (χ0v) is 30.5. The third-order valence-electron chi connectivity index (χ3n) is 9.95. The minimum Gasteiger partial charge on any atom is -0.460 e. The zero-order valence-electron chi connectivity index (χ0n) is 30.5. The number of aromatic nitrogens is 2. The number of hydrogen-bond donors (Lipinski definition) is 0. The van der Waals surface area contributed by atoms with Crippen molar-refractivity contribution in [1.82, 2.24) is 9.97 Å². The van der Waals surface area contributed by atoms with Crippen LogP contribution in [0.4, 0.5) is 0 Å². The smallest absolute Gasteiger partial charge is 0.160 e. The van der Waals surface area contributed by atoms with Crippen molar-refractivity contribution in [2.45, 2.75) is 32.1 Å². The molecule has 0 amide bonds. The van der Waals surface area contributed by atoms with Gasteiger partial charge in [-0.25, -0.2) is 9.97 Å². The Balaban J connectivity index is 1.26. The Kier molecular flexibility index (Phi) is 10.2. The Morgan fingerprint density at radius 1 is 0.722 bits per heavy atom. The molecule has 0 N–H and O–H groups in total. The van der Waals surface area contributed by atoms with Gasteiger partial charge in [0.1, 0.15) is 11.3 Å². The molecule has 3 heteroatoms. The summed E-state index contributed by atoms with van der Waals surface area (Å²) in [6, 6.07) is 48.6. The highest BCUT2D eigenvalue weighted by Gasteiger charge is 2.25. The third-order valence-corrected chi connectivity index (χ3v) is 9.95. The fourth-order valence-corrected chi connectivity index (χ4v) is 7.23. The number of allylic oxidation sites excluding steroid dienone is 8. The monoisotopic (exact) mass is 698 g/mol. The van der Waals surface area contributed by atoms with Crippen LogP contribution in [0.15, 0.2) is 193 Å². The molecule has 0 fully saturated rings. The summed E-state index contributed by atoms with van der Waals surface area (Å²) in [6.07, 6.45) is 17.9. The lowest BCUT2D eigenvalue weighted by Crippen LogP contribution is -2.05. The van der Waals surface area contributed by atoms with Crippen molar-refractivity contribution in [3.63, 3.8) is 0 Å². The third kappa shape index (κ3) is 7.35. The SMILES string of the molecule is C=C/C(=C\C(/C=C\C=C/CC)c1ccc2oc3c(c2c1)C(c1nc(-c2ccccc2)cc(-c2cccc(-c4ccccc4)c2)n1)=CCC3)c1ccccc1. The number of nitrogens with zero attached hydrogens (tertiary/aromatic N) is 2. The van der Waals surface area contributed by atoms with Crippen LogP contribution in [0.3, 0.4) is 0 Å². The van der Waals surface area contributed by atoms with Gasteiger partial charge in [-0.15, -0.1) is 0 Å². The van der Waals surface area contributed by atoms with Gasteiger partial charge in [0.05, 0.1) is 11.4 Å². The molecule has 0 aliphatic heterocycles. The number of fused-ring (bicyclic) bond motifs is 3. The van der Waals surface area contributed by atoms with Crippen LogP contribution in [0, 0.1) is 0 Å². The maximum absolute atomic E-state index is 6.60. The minimum absolute atomic E-state index is 0.00633. The average Bonchev–Trinajstić information content (AvgIpc) is 3.62. The summed E-state index contributed by atoms with van der Waals surface area (Å²) < 4.78 is 6.60. The van der Waals surface area contributed by atoms with Gasteiger partial charge < -0.3 is 4.42 Å². The molecule has 0 bridgehead atoms. The highest BCUT2D eigenvalue weighted by atomic mass is 16.3. The van der Waals surface area contributed by atoms with Gasteiger partial charge in [0.25, 0.3) is 0 Å². The molecular formula is C51H42N2O. The van der Waals surface area contributed by atoms with Gasteiger partial charge in [-0.3, -0.25) is 0 Å². The first-order chi connectivity index (χ1) is 26.7. The lowest BCUT2D eigenvalue weighted by Gasteiger charge is -2.16. The Morgan fingerprint density at radius 2 is 1.41 bits per heavy atom. The van der Waals surface area contributed by atoms with Gasteiger partial charge in [0, 0.05) is 40.0 Å². The van der Waals surface area contributed by atoms with Crippen LogP contribution < -0.4 is 0 Å². The van der Waals surface area contributed by atoms with E-state index in [0.717, 1.165) is 86.3 Å². The minimum atomic E-state index is 0.00633. The molecule has 0 radical (unpaired) electrons. The molecule has 0 saturated carbocycles. The summed E-state index contributed by atoms with van der Waals surface area (Å²) in [4.78, 5) is 10.6. The Hall–Kier alpha value is -6.58. The molecule has 7 aromatic rings. The Morgan fingerprint density at radius 3 is 2.15 bits per heavy atom. The largest absolute Gasteiger partial charge is 0.460 e. The van der Waals surface area contributed by atoms with Gasteiger partial charge in [-0.2, -0.15) is 0 Å². The van der Waals surface area contributed by atoms with E-state index >= 15 is 0 Å². The molecule has 5 aromatic carbocycles. The molecule has 1 aliphatic carbocycles. The summed E-state index contributed by atoms with van der Waals surface area (Å²) in [5.41, 5.74) is 12.5. The first-order valence-electron chi connectivity index (χ1n) is 18.8. The summed E-state index contributed by atoms with van der Waals surface area (Å²) in [5, 5.41) is 1.07. The van der Waals surface area contributed by atoms with Crippen LogP contribution in [0.25, 0.3) is 55.8 Å². The van der Waals surface area contributed by atoms with Gasteiger partial charge in [0.2, 0.25) is 0 Å². The van der Waals surface area contributed by atoms with E-state index < -0.39 is 0 Å². The summed E-state index contributed by atoms with van der Waals surface area (Å²) >= 11 is 0. The number of hydrogen-bond acceptors (Lipinski definition) is 3. The van der Waals surface area contributed by atoms with Crippen molar-refractivity contribution >= 4 is 22.1 Å². The van der Waals surface area contributed by atoms with Crippen molar-refractivity contribution in [2.24, 2.45) is 0 Å². The quantitative estimate of drug-likeness (QED) is 0.126. The fraction of sp³-hybridized carbons (Fsp3) is 0.0980. The van der Waals surface area contributed by atoms with Crippen LogP contribution in [0.2, 0.25) is 0 Å². The number of rotatable bonds is 11. The van der Waals surface area contributed by atoms with Crippen LogP contribution in [-0.4, -0.2) is 9.97 Å². The van der Waals surface area contributed by atoms with Crippen molar-refractivity contribution < 1.29 is 4.42 Å². The van der Waals surface area contributed by atoms with E-state index in [2.05, 4.69) is 171 Å². The van der Waals surface area contributed by atoms with Crippen LogP contribution >= 0.6 is 0 Å². The van der Waals surface area contributed by atoms with Crippen molar-refractivity contribution in [3.8, 4) is 33.6 Å². The second-order valence-corrected chi connectivity index (χ2v) is 13.5. The van der Waals surface area contributed by atoms with Crippen LogP contribution in [0.1, 0.15) is 54.0 Å². The van der Waals surface area contributed by atoms with Gasteiger partial charge in [-0.05, 0) is 64.9 Å². The molecule has 0 saturated heterocycles. The standard InChI is InChI=1S/C51H42N2O/c1-3-5-6-10-25-41(32-36(4-2)37-19-11-7-12-20-37)42-30-31-48-45(34-42)50-44(28-18-29-49(50)54-48)51-52-46(39-23-15-9-16-24-39)35-47(53-51)43-27-17-26-40(33-43)38-21-13-8-14-22-38/h4-17,19-28,30-35,41H,2-3,18,29H2,1H3/b6-5-,25-10-,36-32+. The lowest BCUT2D eigenvalue weighted by atomic mass is 9.89. The Labute approximate surface area is 318 Å². The molecule has 1 aliphatic rings. The molecule has 262 valence electrons. The van der Waals surface area contributed by atoms with Gasteiger partial charge in [0.15, 0.2) is 5.82 Å². The average molecular weight is 699 g/mol. The summed E-state index contributed by atoms with van der Waals surface area (Å²) in [7, 11) is 0. The van der Waals surface area contributed by atoms with E-state index in [-0.39, 0.29) is 5.92 Å². The van der Waals surface area contributed by atoms with Gasteiger partial charge >= 0.3 is 0 Å². The first kappa shape index (κ1) is 34.5. The van der Waals surface area contributed by atoms with E-state index in [1.54, 1.807) is 0 Å². The topological polar surface area (TPSA) is 38.9 Å². The summed E-state index contributed by atoms with van der Waals surface area (Å²) in [6.45, 7) is 6.32. The van der Waals surface area contributed by atoms with E-state index in [4.69, 9.17) is 14.4 Å². The molecule has 54 heavy (non-hydrogen) atoms. The normalized spacial score (nSPS) is 13.6. The fourth-order valence-electron chi connectivity index (χ4n) is 7.23. The molecule has 1 unspecified atom stereocenters. The maximum Gasteiger partial charge on any atom is 0.160 e. The van der Waals surface area contributed by atoms with Gasteiger partial charge in [-0.1, -0.05) is 171 Å². The predicted octanol–water partition coefficient (Wildman–Crippen LogP) is 13.5. The van der Waals surface area contributed by atoms with E-state index in [1.807, 2.05) is 24.3 Å². The molecule has 2 heterocycles. The lowest BCUT2D eigenvalue weighted by molar-refractivity contribution is 0.545. The second-order valence-electron chi connectivity index (χ2n) is 13.5. The Bertz CT molecular complexity index is 2540. The van der Waals surface area contributed by atoms with Crippen molar-refractivity contribution in [3.05, 3.63) is 217 Å². The van der Waals surface area contributed by atoms with Crippen LogP contribution in [-0.2, 0) is 6.42 Å². The van der Waals surface area contributed by atoms with Crippen LogP contribution in [0.5, 0.6) is 0 Å². The van der Waals surface area contributed by atoms with E-state index in [9.17, 15) is 0 Å². The second kappa shape index (κ2) is 16.0. The number of aryl methyl sites for hydroxylation is 1. The molecule has 3 nitrogen and oxygen atoms in total. The molecule has 2 aromatic heterocycles. The van der Waals surface area contributed by atoms with Crippen molar-refractivity contribution in [2.75, 3.05) is 0 Å². The first-order valence-corrected chi connectivity index (χ1v) is 18.8. The van der Waals surface area contributed by atoms with E-state index in [0.29, 0.717) is 5.82 Å². The zero-order chi connectivity index (χ0) is 36.7. The van der Waals surface area contributed by atoms with E-state index in [1.165, 1.54) is 11.1 Å². The highest BCUT2D eigenvalue weighted by Crippen LogP contribution is 2.41.